The maximum atomic E-state index is 4.57. The first-order valence-corrected chi connectivity index (χ1v) is 8.56. The Morgan fingerprint density at radius 1 is 0.650 bits per heavy atom. The number of rotatable bonds is 2. The highest BCUT2D eigenvalue weighted by Gasteiger charge is 2.23. The van der Waals surface area contributed by atoms with Crippen LogP contribution in [0.2, 0.25) is 0 Å². The third-order valence-electron chi connectivity index (χ3n) is 5.57. The fourth-order valence-electron chi connectivity index (χ4n) is 3.90. The Morgan fingerprint density at radius 2 is 1.00 bits per heavy atom. The fraction of sp³-hybridized carbons (Fsp3) is 0.778. The number of hydrogen-bond donors (Lipinski definition) is 0. The van der Waals surface area contributed by atoms with E-state index < -0.39 is 0 Å². The van der Waals surface area contributed by atoms with Crippen molar-refractivity contribution in [3.8, 4) is 0 Å². The summed E-state index contributed by atoms with van der Waals surface area (Å²) in [5, 5.41) is 9.14. The minimum Gasteiger partial charge on any atom is -0.155 e. The normalized spacial score (nSPS) is 34.9. The van der Waals surface area contributed by atoms with Crippen molar-refractivity contribution in [3.05, 3.63) is 23.5 Å². The van der Waals surface area contributed by atoms with Crippen LogP contribution in [0.4, 0.5) is 0 Å². The van der Waals surface area contributed by atoms with E-state index in [0.717, 1.165) is 11.8 Å². The Labute approximate surface area is 123 Å². The summed E-state index contributed by atoms with van der Waals surface area (Å²) < 4.78 is 0. The van der Waals surface area contributed by atoms with Crippen LogP contribution in [0.5, 0.6) is 0 Å². The second-order valence-electron chi connectivity index (χ2n) is 7.30. The van der Waals surface area contributed by atoms with Gasteiger partial charge in [0.15, 0.2) is 0 Å². The van der Waals surface area contributed by atoms with E-state index in [1.807, 2.05) is 0 Å². The molecule has 0 spiro atoms. The maximum Gasteiger partial charge on any atom is 0.0662 e. The predicted molar refractivity (Wildman–Crippen MR) is 82.8 cm³/mol. The maximum absolute atomic E-state index is 4.57. The van der Waals surface area contributed by atoms with Crippen LogP contribution in [0, 0.1) is 11.8 Å². The molecule has 0 unspecified atom stereocenters. The van der Waals surface area contributed by atoms with Gasteiger partial charge in [-0.05, 0) is 49.7 Å². The molecule has 0 aliphatic heterocycles. The molecule has 0 N–H and O–H groups in total. The molecule has 20 heavy (non-hydrogen) atoms. The molecule has 2 nitrogen and oxygen atoms in total. The zero-order valence-corrected chi connectivity index (χ0v) is 13.0. The fourth-order valence-corrected chi connectivity index (χ4v) is 3.90. The van der Waals surface area contributed by atoms with Gasteiger partial charge in [0.1, 0.15) is 0 Å². The summed E-state index contributed by atoms with van der Waals surface area (Å²) in [4.78, 5) is 0. The van der Waals surface area contributed by atoms with Gasteiger partial charge in [0.05, 0.1) is 11.4 Å². The summed E-state index contributed by atoms with van der Waals surface area (Å²) in [5.74, 6) is 3.14. The van der Waals surface area contributed by atoms with Crippen LogP contribution in [0.1, 0.15) is 88.4 Å². The van der Waals surface area contributed by atoms with E-state index in [1.165, 1.54) is 62.8 Å². The van der Waals surface area contributed by atoms with Crippen LogP contribution in [-0.2, 0) is 0 Å². The number of nitrogens with zero attached hydrogens (tertiary/aromatic N) is 2. The van der Waals surface area contributed by atoms with Gasteiger partial charge >= 0.3 is 0 Å². The lowest BCUT2D eigenvalue weighted by atomic mass is 9.80. The van der Waals surface area contributed by atoms with Crippen LogP contribution >= 0.6 is 0 Å². The predicted octanol–water partition coefficient (Wildman–Crippen LogP) is 5.06. The smallest absolute Gasteiger partial charge is 0.0662 e. The molecule has 0 saturated heterocycles. The van der Waals surface area contributed by atoms with Crippen LogP contribution < -0.4 is 0 Å². The molecular weight excluding hydrogens is 244 g/mol. The number of hydrogen-bond acceptors (Lipinski definition) is 2. The summed E-state index contributed by atoms with van der Waals surface area (Å²) in [6.07, 6.45) is 10.6. The molecule has 0 bridgehead atoms. The van der Waals surface area contributed by atoms with Gasteiger partial charge in [0.25, 0.3) is 0 Å². The van der Waals surface area contributed by atoms with Crippen LogP contribution in [-0.4, -0.2) is 10.2 Å². The number of aromatic nitrogens is 2. The second-order valence-corrected chi connectivity index (χ2v) is 7.30. The van der Waals surface area contributed by atoms with Gasteiger partial charge in [-0.25, -0.2) is 0 Å². The van der Waals surface area contributed by atoms with Crippen molar-refractivity contribution < 1.29 is 0 Å². The summed E-state index contributed by atoms with van der Waals surface area (Å²) >= 11 is 0. The standard InChI is InChI=1S/C18H28N2/c1-13-3-7-15(8-4-13)17-11-12-18(20-19-17)16-9-5-14(2)6-10-16/h11-16H,3-10H2,1-2H3. The third-order valence-corrected chi connectivity index (χ3v) is 5.57. The van der Waals surface area contributed by atoms with E-state index in [-0.39, 0.29) is 0 Å². The zero-order chi connectivity index (χ0) is 13.9. The van der Waals surface area contributed by atoms with Crippen molar-refractivity contribution in [3.63, 3.8) is 0 Å². The quantitative estimate of drug-likeness (QED) is 0.751. The van der Waals surface area contributed by atoms with Crippen molar-refractivity contribution >= 4 is 0 Å². The Balaban J connectivity index is 1.62. The lowest BCUT2D eigenvalue weighted by molar-refractivity contribution is 0.336. The van der Waals surface area contributed by atoms with Gasteiger partial charge in [-0.15, -0.1) is 0 Å². The highest BCUT2D eigenvalue weighted by molar-refractivity contribution is 5.15. The molecule has 1 aromatic heterocycles. The first kappa shape index (κ1) is 14.0. The van der Waals surface area contributed by atoms with Gasteiger partial charge in [0.2, 0.25) is 0 Å². The minimum absolute atomic E-state index is 0.666. The largest absolute Gasteiger partial charge is 0.155 e. The second kappa shape index (κ2) is 6.24. The SMILES string of the molecule is CC1CCC(c2ccc(C3CCC(C)CC3)nn2)CC1. The molecule has 2 aliphatic carbocycles. The summed E-state index contributed by atoms with van der Waals surface area (Å²) in [6, 6.07) is 4.53. The van der Waals surface area contributed by atoms with Crippen molar-refractivity contribution in [2.45, 2.75) is 77.0 Å². The molecule has 2 fully saturated rings. The summed E-state index contributed by atoms with van der Waals surface area (Å²) in [7, 11) is 0. The molecule has 0 atom stereocenters. The molecule has 1 heterocycles. The van der Waals surface area contributed by atoms with E-state index >= 15 is 0 Å². The highest BCUT2D eigenvalue weighted by atomic mass is 15.1. The third kappa shape index (κ3) is 3.21. The van der Waals surface area contributed by atoms with Gasteiger partial charge in [-0.2, -0.15) is 10.2 Å². The molecule has 0 amide bonds. The van der Waals surface area contributed by atoms with E-state index in [2.05, 4.69) is 36.2 Å². The van der Waals surface area contributed by atoms with Crippen LogP contribution in [0.25, 0.3) is 0 Å². The monoisotopic (exact) mass is 272 g/mol. The minimum atomic E-state index is 0.666. The van der Waals surface area contributed by atoms with Gasteiger partial charge in [-0.3, -0.25) is 0 Å². The lowest BCUT2D eigenvalue weighted by Gasteiger charge is -2.27. The first-order chi connectivity index (χ1) is 9.72. The Hall–Kier alpha value is -0.920. The van der Waals surface area contributed by atoms with Crippen LogP contribution in [0.15, 0.2) is 12.1 Å². The highest BCUT2D eigenvalue weighted by Crippen LogP contribution is 2.36. The Morgan fingerprint density at radius 3 is 1.30 bits per heavy atom. The van der Waals surface area contributed by atoms with Crippen molar-refractivity contribution in [1.29, 1.82) is 0 Å². The molecule has 2 aliphatic rings. The van der Waals surface area contributed by atoms with E-state index in [4.69, 9.17) is 0 Å². The molecular formula is C18H28N2. The molecule has 2 heteroatoms. The van der Waals surface area contributed by atoms with Crippen LogP contribution in [0.3, 0.4) is 0 Å². The molecule has 2 saturated carbocycles. The Kier molecular flexibility index (Phi) is 4.38. The van der Waals surface area contributed by atoms with Crippen molar-refractivity contribution in [1.82, 2.24) is 10.2 Å². The average Bonchev–Trinajstić information content (AvgIpc) is 2.49. The molecule has 1 aromatic rings. The van der Waals surface area contributed by atoms with E-state index in [0.29, 0.717) is 11.8 Å². The first-order valence-electron chi connectivity index (χ1n) is 8.56. The zero-order valence-electron chi connectivity index (χ0n) is 13.0. The molecule has 0 radical (unpaired) electrons. The van der Waals surface area contributed by atoms with E-state index in [9.17, 15) is 0 Å². The van der Waals surface area contributed by atoms with Gasteiger partial charge < -0.3 is 0 Å². The lowest BCUT2D eigenvalue weighted by Crippen LogP contribution is -2.15. The topological polar surface area (TPSA) is 25.8 Å². The molecule has 0 aromatic carbocycles. The van der Waals surface area contributed by atoms with E-state index in [1.54, 1.807) is 0 Å². The van der Waals surface area contributed by atoms with Crippen molar-refractivity contribution in [2.75, 3.05) is 0 Å². The Bertz CT molecular complexity index is 369. The molecule has 110 valence electrons. The van der Waals surface area contributed by atoms with Gasteiger partial charge in [0, 0.05) is 11.8 Å². The molecule has 3 rings (SSSR count). The van der Waals surface area contributed by atoms with Gasteiger partial charge in [-0.1, -0.05) is 39.5 Å². The average molecular weight is 272 g/mol. The summed E-state index contributed by atoms with van der Waals surface area (Å²) in [5.41, 5.74) is 2.48. The summed E-state index contributed by atoms with van der Waals surface area (Å²) in [6.45, 7) is 4.74. The van der Waals surface area contributed by atoms with Crippen molar-refractivity contribution in [2.24, 2.45) is 11.8 Å².